The van der Waals surface area contributed by atoms with Gasteiger partial charge in [-0.05, 0) is 25.5 Å². The van der Waals surface area contributed by atoms with E-state index in [1.54, 1.807) is 0 Å². The Kier molecular flexibility index (Phi) is 4.91. The maximum Gasteiger partial charge on any atom is 0.204 e. The van der Waals surface area contributed by atoms with Crippen LogP contribution in [0.25, 0.3) is 11.0 Å². The molecule has 3 aromatic rings. The molecule has 1 aromatic heterocycles. The number of ketones is 1. The van der Waals surface area contributed by atoms with E-state index in [0.29, 0.717) is 24.5 Å². The van der Waals surface area contributed by atoms with Crippen molar-refractivity contribution in [1.82, 2.24) is 9.55 Å². The number of fused-ring (bicyclic) bond motifs is 1. The molecule has 3 rings (SSSR count). The molecule has 0 spiro atoms. The molecule has 24 heavy (non-hydrogen) atoms. The number of para-hydroxylation sites is 2. The largest absolute Gasteiger partial charge is 0.396 e. The molecule has 0 unspecified atom stereocenters. The number of benzene rings is 2. The Bertz CT molecular complexity index is 837. The lowest BCUT2D eigenvalue weighted by atomic mass is 10.1. The first-order chi connectivity index (χ1) is 11.7. The molecule has 2 aromatic carbocycles. The number of imidazole rings is 1. The number of rotatable bonds is 7. The zero-order valence-corrected chi connectivity index (χ0v) is 13.7. The molecule has 0 bridgehead atoms. The van der Waals surface area contributed by atoms with Crippen molar-refractivity contribution in [2.24, 2.45) is 0 Å². The Hall–Kier alpha value is -2.66. The molecular formula is C19H21N3O2. The lowest BCUT2D eigenvalue weighted by Gasteiger charge is -2.10. The van der Waals surface area contributed by atoms with Crippen LogP contribution in [0, 0.1) is 6.92 Å². The second-order valence-corrected chi connectivity index (χ2v) is 5.80. The zero-order chi connectivity index (χ0) is 16.9. The molecule has 0 aliphatic rings. The molecule has 0 atom stereocenters. The van der Waals surface area contributed by atoms with Crippen LogP contribution in [-0.4, -0.2) is 33.6 Å². The van der Waals surface area contributed by atoms with Gasteiger partial charge in [-0.15, -0.1) is 0 Å². The van der Waals surface area contributed by atoms with E-state index >= 15 is 0 Å². The molecule has 124 valence electrons. The minimum Gasteiger partial charge on any atom is -0.396 e. The molecule has 1 heterocycles. The van der Waals surface area contributed by atoms with Crippen LogP contribution in [0.5, 0.6) is 0 Å². The summed E-state index contributed by atoms with van der Waals surface area (Å²) in [7, 11) is 0. The maximum atomic E-state index is 12.6. The molecule has 0 saturated heterocycles. The van der Waals surface area contributed by atoms with Gasteiger partial charge in [0.1, 0.15) is 0 Å². The van der Waals surface area contributed by atoms with E-state index in [1.807, 2.05) is 60.0 Å². The van der Waals surface area contributed by atoms with Crippen LogP contribution in [0.1, 0.15) is 22.3 Å². The van der Waals surface area contributed by atoms with E-state index in [-0.39, 0.29) is 18.9 Å². The standard InChI is InChI=1S/C19H21N3O2/c1-14-7-9-15(10-8-14)18(24)13-22-17-6-3-2-5-16(17)21-19(22)20-11-4-12-23/h2-3,5-10,23H,4,11-13H2,1H3,(H,20,21). The number of aromatic nitrogens is 2. The third-order valence-corrected chi connectivity index (χ3v) is 3.95. The second kappa shape index (κ2) is 7.27. The number of aliphatic hydroxyl groups is 1. The first kappa shape index (κ1) is 16.2. The van der Waals surface area contributed by atoms with E-state index in [0.717, 1.165) is 16.6 Å². The van der Waals surface area contributed by atoms with Crippen molar-refractivity contribution >= 4 is 22.8 Å². The monoisotopic (exact) mass is 323 g/mol. The van der Waals surface area contributed by atoms with E-state index in [9.17, 15) is 4.79 Å². The van der Waals surface area contributed by atoms with Gasteiger partial charge in [0.05, 0.1) is 17.6 Å². The maximum absolute atomic E-state index is 12.6. The van der Waals surface area contributed by atoms with Gasteiger partial charge in [-0.25, -0.2) is 4.98 Å². The van der Waals surface area contributed by atoms with E-state index < -0.39 is 0 Å². The molecule has 0 fully saturated rings. The fourth-order valence-electron chi connectivity index (χ4n) is 2.62. The minimum absolute atomic E-state index is 0.0448. The molecule has 0 aliphatic carbocycles. The number of aryl methyl sites for hydroxylation is 1. The molecule has 2 N–H and O–H groups in total. The molecule has 0 amide bonds. The minimum atomic E-state index is 0.0448. The van der Waals surface area contributed by atoms with Gasteiger partial charge in [-0.3, -0.25) is 4.79 Å². The Morgan fingerprint density at radius 1 is 1.17 bits per heavy atom. The van der Waals surface area contributed by atoms with E-state index in [4.69, 9.17) is 5.11 Å². The molecule has 0 aliphatic heterocycles. The van der Waals surface area contributed by atoms with Crippen LogP contribution in [0.2, 0.25) is 0 Å². The summed E-state index contributed by atoms with van der Waals surface area (Å²) < 4.78 is 1.90. The summed E-state index contributed by atoms with van der Waals surface area (Å²) in [5.41, 5.74) is 3.59. The zero-order valence-electron chi connectivity index (χ0n) is 13.7. The Morgan fingerprint density at radius 2 is 1.92 bits per heavy atom. The highest BCUT2D eigenvalue weighted by molar-refractivity contribution is 5.97. The smallest absolute Gasteiger partial charge is 0.204 e. The Morgan fingerprint density at radius 3 is 2.67 bits per heavy atom. The lowest BCUT2D eigenvalue weighted by molar-refractivity contribution is 0.0974. The van der Waals surface area contributed by atoms with E-state index in [2.05, 4.69) is 10.3 Å². The number of anilines is 1. The molecule has 5 nitrogen and oxygen atoms in total. The summed E-state index contributed by atoms with van der Waals surface area (Å²) in [6.07, 6.45) is 0.634. The van der Waals surface area contributed by atoms with Gasteiger partial charge in [0.2, 0.25) is 5.95 Å². The van der Waals surface area contributed by atoms with Crippen molar-refractivity contribution in [1.29, 1.82) is 0 Å². The molecule has 5 heteroatoms. The number of Topliss-reactive ketones (excluding diaryl/α,β-unsaturated/α-hetero) is 1. The van der Waals surface area contributed by atoms with Crippen molar-refractivity contribution in [2.45, 2.75) is 19.9 Å². The molecule has 0 saturated carbocycles. The highest BCUT2D eigenvalue weighted by atomic mass is 16.3. The van der Waals surface area contributed by atoms with Crippen LogP contribution >= 0.6 is 0 Å². The highest BCUT2D eigenvalue weighted by Crippen LogP contribution is 2.20. The van der Waals surface area contributed by atoms with Crippen molar-refractivity contribution in [2.75, 3.05) is 18.5 Å². The summed E-state index contributed by atoms with van der Waals surface area (Å²) in [6.45, 7) is 2.96. The molecule has 0 radical (unpaired) electrons. The summed E-state index contributed by atoms with van der Waals surface area (Å²) in [5.74, 6) is 0.702. The van der Waals surface area contributed by atoms with Crippen molar-refractivity contribution in [3.05, 3.63) is 59.7 Å². The third-order valence-electron chi connectivity index (χ3n) is 3.95. The average molecular weight is 323 g/mol. The number of carbonyl (C=O) groups excluding carboxylic acids is 1. The Balaban J connectivity index is 1.90. The number of aliphatic hydroxyl groups excluding tert-OH is 1. The number of nitrogens with zero attached hydrogens (tertiary/aromatic N) is 2. The van der Waals surface area contributed by atoms with Gasteiger partial charge >= 0.3 is 0 Å². The fourth-order valence-corrected chi connectivity index (χ4v) is 2.62. The van der Waals surface area contributed by atoms with Crippen LogP contribution in [0.3, 0.4) is 0 Å². The van der Waals surface area contributed by atoms with Gasteiger partial charge < -0.3 is 15.0 Å². The van der Waals surface area contributed by atoms with Crippen molar-refractivity contribution < 1.29 is 9.90 Å². The average Bonchev–Trinajstić information content (AvgIpc) is 2.93. The third kappa shape index (κ3) is 3.46. The summed E-state index contributed by atoms with van der Waals surface area (Å²) in [5, 5.41) is 12.2. The van der Waals surface area contributed by atoms with Crippen LogP contribution in [0.15, 0.2) is 48.5 Å². The van der Waals surface area contributed by atoms with Gasteiger partial charge in [0.15, 0.2) is 5.78 Å². The van der Waals surface area contributed by atoms with Gasteiger partial charge in [-0.2, -0.15) is 0 Å². The van der Waals surface area contributed by atoms with Gasteiger partial charge in [-0.1, -0.05) is 42.0 Å². The predicted octanol–water partition coefficient (Wildman–Crippen LogP) is 3.02. The number of hydrogen-bond acceptors (Lipinski definition) is 4. The summed E-state index contributed by atoms with van der Waals surface area (Å²) >= 11 is 0. The first-order valence-electron chi connectivity index (χ1n) is 8.09. The van der Waals surface area contributed by atoms with Gasteiger partial charge in [0, 0.05) is 18.7 Å². The Labute approximate surface area is 141 Å². The first-order valence-corrected chi connectivity index (χ1v) is 8.09. The lowest BCUT2D eigenvalue weighted by Crippen LogP contribution is -2.15. The molecular weight excluding hydrogens is 302 g/mol. The number of nitrogens with one attached hydrogen (secondary N) is 1. The second-order valence-electron chi connectivity index (χ2n) is 5.80. The number of hydrogen-bond donors (Lipinski definition) is 2. The SMILES string of the molecule is Cc1ccc(C(=O)Cn2c(NCCCO)nc3ccccc32)cc1. The topological polar surface area (TPSA) is 67.2 Å². The summed E-state index contributed by atoms with van der Waals surface area (Å²) in [6, 6.07) is 15.4. The highest BCUT2D eigenvalue weighted by Gasteiger charge is 2.14. The van der Waals surface area contributed by atoms with Crippen LogP contribution in [0.4, 0.5) is 5.95 Å². The van der Waals surface area contributed by atoms with Gasteiger partial charge in [0.25, 0.3) is 0 Å². The number of carbonyl (C=O) groups is 1. The quantitative estimate of drug-likeness (QED) is 0.518. The van der Waals surface area contributed by atoms with Crippen molar-refractivity contribution in [3.8, 4) is 0 Å². The van der Waals surface area contributed by atoms with Crippen molar-refractivity contribution in [3.63, 3.8) is 0 Å². The van der Waals surface area contributed by atoms with E-state index in [1.165, 1.54) is 0 Å². The summed E-state index contributed by atoms with van der Waals surface area (Å²) in [4.78, 5) is 17.2. The fraction of sp³-hybridized carbons (Fsp3) is 0.263. The normalized spacial score (nSPS) is 10.9. The van der Waals surface area contributed by atoms with Crippen LogP contribution in [-0.2, 0) is 6.54 Å². The van der Waals surface area contributed by atoms with Crippen LogP contribution < -0.4 is 5.32 Å². The predicted molar refractivity (Wildman–Crippen MR) is 95.4 cm³/mol.